The third-order valence-corrected chi connectivity index (χ3v) is 6.25. The number of aromatic nitrogens is 5. The first-order valence-electron chi connectivity index (χ1n) is 11.1. The first-order chi connectivity index (χ1) is 15.3. The molecule has 1 saturated carbocycles. The number of carbonyl (C=O) groups is 1. The molecule has 0 unspecified atom stereocenters. The minimum atomic E-state index is 0.00780. The van der Waals surface area contributed by atoms with Crippen molar-refractivity contribution in [3.05, 3.63) is 42.5 Å². The summed E-state index contributed by atoms with van der Waals surface area (Å²) in [7, 11) is 0. The molecule has 2 aliphatic rings. The predicted octanol–water partition coefficient (Wildman–Crippen LogP) is 3.26. The maximum Gasteiger partial charge on any atom is 0.239 e. The Morgan fingerprint density at radius 2 is 1.94 bits per heavy atom. The average Bonchev–Trinajstić information content (AvgIpc) is 3.56. The summed E-state index contributed by atoms with van der Waals surface area (Å²) in [6.07, 6.45) is 9.99. The van der Waals surface area contributed by atoms with Gasteiger partial charge in [-0.3, -0.25) is 14.7 Å². The van der Waals surface area contributed by atoms with Gasteiger partial charge in [-0.1, -0.05) is 24.1 Å². The number of likely N-dealkylation sites (tertiary alicyclic amines) is 1. The molecule has 5 rings (SSSR count). The molecule has 3 aromatic rings. The van der Waals surface area contributed by atoms with E-state index in [1.165, 1.54) is 12.8 Å². The van der Waals surface area contributed by atoms with Crippen LogP contribution in [0.4, 0.5) is 5.82 Å². The second-order valence-corrected chi connectivity index (χ2v) is 8.37. The molecule has 31 heavy (non-hydrogen) atoms. The quantitative estimate of drug-likeness (QED) is 0.652. The maximum absolute atomic E-state index is 12.6. The Kier molecular flexibility index (Phi) is 5.75. The lowest BCUT2D eigenvalue weighted by atomic mass is 9.97. The van der Waals surface area contributed by atoms with E-state index in [-0.39, 0.29) is 11.8 Å². The molecule has 3 aromatic heterocycles. The highest BCUT2D eigenvalue weighted by molar-refractivity contribution is 5.91. The van der Waals surface area contributed by atoms with E-state index in [9.17, 15) is 4.79 Å². The zero-order valence-electron chi connectivity index (χ0n) is 17.5. The number of piperidine rings is 1. The number of carbonyl (C=O) groups excluding carboxylic acids is 1. The number of hydrogen-bond donors (Lipinski definition) is 1. The van der Waals surface area contributed by atoms with Crippen molar-refractivity contribution in [1.29, 1.82) is 0 Å². The van der Waals surface area contributed by atoms with Gasteiger partial charge in [-0.05, 0) is 50.9 Å². The van der Waals surface area contributed by atoms with Crippen molar-refractivity contribution < 1.29 is 9.32 Å². The molecular weight excluding hydrogens is 394 g/mol. The topological polar surface area (TPSA) is 102 Å². The van der Waals surface area contributed by atoms with Crippen LogP contribution in [0.25, 0.3) is 11.5 Å². The maximum atomic E-state index is 12.6. The molecule has 4 heterocycles. The monoisotopic (exact) mass is 421 g/mol. The summed E-state index contributed by atoms with van der Waals surface area (Å²) in [6.45, 7) is 2.02. The lowest BCUT2D eigenvalue weighted by Crippen LogP contribution is -2.39. The minimum absolute atomic E-state index is 0.00780. The highest BCUT2D eigenvalue weighted by Gasteiger charge is 2.27. The van der Waals surface area contributed by atoms with E-state index in [1.54, 1.807) is 12.4 Å². The van der Waals surface area contributed by atoms with Gasteiger partial charge in [0.2, 0.25) is 17.6 Å². The number of rotatable bonds is 6. The summed E-state index contributed by atoms with van der Waals surface area (Å²) < 4.78 is 7.48. The van der Waals surface area contributed by atoms with Gasteiger partial charge in [0.05, 0.1) is 18.8 Å². The van der Waals surface area contributed by atoms with Crippen LogP contribution in [0.15, 0.2) is 41.2 Å². The van der Waals surface area contributed by atoms with Gasteiger partial charge in [-0.15, -0.1) is 0 Å². The fourth-order valence-electron chi connectivity index (χ4n) is 4.58. The zero-order chi connectivity index (χ0) is 21.0. The highest BCUT2D eigenvalue weighted by atomic mass is 16.5. The highest BCUT2D eigenvalue weighted by Crippen LogP contribution is 2.31. The normalized spacial score (nSPS) is 18.5. The van der Waals surface area contributed by atoms with Crippen LogP contribution in [0.2, 0.25) is 0 Å². The smallest absolute Gasteiger partial charge is 0.239 e. The molecule has 0 spiro atoms. The first-order valence-corrected chi connectivity index (χ1v) is 11.1. The average molecular weight is 422 g/mol. The summed E-state index contributed by atoms with van der Waals surface area (Å²) in [4.78, 5) is 23.6. The molecule has 0 bridgehead atoms. The van der Waals surface area contributed by atoms with Crippen LogP contribution in [-0.2, 0) is 4.79 Å². The second kappa shape index (κ2) is 8.97. The molecule has 0 atom stereocenters. The SMILES string of the molecule is O=C(CN1CCC(c2nc(-c3ccccn3)no2)CC1)Nc1ccnn1C1CCCC1. The van der Waals surface area contributed by atoms with Crippen molar-refractivity contribution in [1.82, 2.24) is 29.8 Å². The van der Waals surface area contributed by atoms with Crippen molar-refractivity contribution >= 4 is 11.7 Å². The third kappa shape index (κ3) is 4.51. The van der Waals surface area contributed by atoms with E-state index in [1.807, 2.05) is 28.9 Å². The van der Waals surface area contributed by atoms with Crippen molar-refractivity contribution in [3.8, 4) is 11.5 Å². The molecule has 1 saturated heterocycles. The number of hydrogen-bond acceptors (Lipinski definition) is 7. The van der Waals surface area contributed by atoms with Gasteiger partial charge in [0.25, 0.3) is 0 Å². The number of anilines is 1. The van der Waals surface area contributed by atoms with Crippen molar-refractivity contribution in [2.24, 2.45) is 0 Å². The van der Waals surface area contributed by atoms with E-state index in [0.717, 1.165) is 44.6 Å². The molecule has 1 aliphatic carbocycles. The summed E-state index contributed by atoms with van der Waals surface area (Å²) >= 11 is 0. The second-order valence-electron chi connectivity index (χ2n) is 8.37. The van der Waals surface area contributed by atoms with E-state index < -0.39 is 0 Å². The summed E-state index contributed by atoms with van der Waals surface area (Å²) in [5.41, 5.74) is 0.712. The molecule has 162 valence electrons. The number of nitrogens with zero attached hydrogens (tertiary/aromatic N) is 6. The van der Waals surface area contributed by atoms with Crippen LogP contribution in [-0.4, -0.2) is 55.3 Å². The van der Waals surface area contributed by atoms with Gasteiger partial charge in [-0.2, -0.15) is 10.1 Å². The van der Waals surface area contributed by atoms with Crippen molar-refractivity contribution in [3.63, 3.8) is 0 Å². The van der Waals surface area contributed by atoms with E-state index >= 15 is 0 Å². The minimum Gasteiger partial charge on any atom is -0.339 e. The van der Waals surface area contributed by atoms with Gasteiger partial charge in [0.1, 0.15) is 11.5 Å². The van der Waals surface area contributed by atoms with Crippen LogP contribution in [0.1, 0.15) is 56.4 Å². The van der Waals surface area contributed by atoms with Gasteiger partial charge >= 0.3 is 0 Å². The standard InChI is InChI=1S/C22H27N7O2/c30-20(25-19-8-12-24-29(19)17-5-1-2-6-17)15-28-13-9-16(10-14-28)22-26-21(27-31-22)18-7-3-4-11-23-18/h3-4,7-8,11-12,16-17H,1-2,5-6,9-10,13-15H2,(H,25,30). The molecule has 0 radical (unpaired) electrons. The number of pyridine rings is 1. The van der Waals surface area contributed by atoms with Gasteiger partial charge in [0.15, 0.2) is 0 Å². The number of nitrogens with one attached hydrogen (secondary N) is 1. The van der Waals surface area contributed by atoms with Crippen LogP contribution < -0.4 is 5.32 Å². The van der Waals surface area contributed by atoms with Crippen molar-refractivity contribution in [2.45, 2.75) is 50.5 Å². The zero-order valence-corrected chi connectivity index (χ0v) is 17.5. The van der Waals surface area contributed by atoms with Crippen LogP contribution >= 0.6 is 0 Å². The molecule has 9 heteroatoms. The van der Waals surface area contributed by atoms with Crippen LogP contribution in [0, 0.1) is 0 Å². The Morgan fingerprint density at radius 1 is 1.10 bits per heavy atom. The lowest BCUT2D eigenvalue weighted by Gasteiger charge is -2.29. The Balaban J connectivity index is 1.13. The van der Waals surface area contributed by atoms with E-state index in [0.29, 0.717) is 30.0 Å². The summed E-state index contributed by atoms with van der Waals surface area (Å²) in [6, 6.07) is 7.93. The van der Waals surface area contributed by atoms with Gasteiger partial charge < -0.3 is 9.84 Å². The molecular formula is C22H27N7O2. The molecule has 1 aliphatic heterocycles. The van der Waals surface area contributed by atoms with Crippen molar-refractivity contribution in [2.75, 3.05) is 25.0 Å². The van der Waals surface area contributed by atoms with Crippen LogP contribution in [0.3, 0.4) is 0 Å². The molecule has 9 nitrogen and oxygen atoms in total. The Bertz CT molecular complexity index is 1000. The molecule has 2 fully saturated rings. The summed E-state index contributed by atoms with van der Waals surface area (Å²) in [5, 5.41) is 11.6. The molecule has 1 N–H and O–H groups in total. The summed E-state index contributed by atoms with van der Waals surface area (Å²) in [5.74, 6) is 2.21. The largest absolute Gasteiger partial charge is 0.339 e. The lowest BCUT2D eigenvalue weighted by molar-refractivity contribution is -0.117. The predicted molar refractivity (Wildman–Crippen MR) is 114 cm³/mol. The molecule has 0 aromatic carbocycles. The van der Waals surface area contributed by atoms with Crippen LogP contribution in [0.5, 0.6) is 0 Å². The Hall–Kier alpha value is -3.07. The third-order valence-electron chi connectivity index (χ3n) is 6.25. The van der Waals surface area contributed by atoms with E-state index in [2.05, 4.69) is 30.4 Å². The van der Waals surface area contributed by atoms with Gasteiger partial charge in [0, 0.05) is 18.2 Å². The Morgan fingerprint density at radius 3 is 2.71 bits per heavy atom. The first kappa shape index (κ1) is 19.9. The number of amides is 1. The Labute approximate surface area is 180 Å². The fraction of sp³-hybridized carbons (Fsp3) is 0.500. The van der Waals surface area contributed by atoms with Gasteiger partial charge in [-0.25, -0.2) is 4.68 Å². The van der Waals surface area contributed by atoms with E-state index in [4.69, 9.17) is 4.52 Å². The molecule has 1 amide bonds. The fourth-order valence-corrected chi connectivity index (χ4v) is 4.58.